The Balaban J connectivity index is 2.30. The largest absolute Gasteiger partial charge is 0.398 e. The van der Waals surface area contributed by atoms with Gasteiger partial charge in [-0.3, -0.25) is 10.1 Å². The van der Waals surface area contributed by atoms with E-state index in [-0.39, 0.29) is 12.2 Å². The third kappa shape index (κ3) is 2.82. The van der Waals surface area contributed by atoms with Gasteiger partial charge in [-0.2, -0.15) is 0 Å². The van der Waals surface area contributed by atoms with Gasteiger partial charge in [0.2, 0.25) is 0 Å². The van der Waals surface area contributed by atoms with Crippen LogP contribution in [0.15, 0.2) is 36.4 Å². The zero-order valence-corrected chi connectivity index (χ0v) is 10.3. The first-order valence-electron chi connectivity index (χ1n) is 5.69. The van der Waals surface area contributed by atoms with E-state index < -0.39 is 22.2 Å². The standard InChI is InChI=1S/C13H11F2N3O2/c14-9-5-10(15)13(12(6-9)18(19)20)17-7-8-3-1-2-4-11(8)16/h1-6,17H,7,16H2. The number of hydrogen-bond acceptors (Lipinski definition) is 4. The normalized spacial score (nSPS) is 10.3. The van der Waals surface area contributed by atoms with Gasteiger partial charge in [-0.25, -0.2) is 8.78 Å². The average molecular weight is 279 g/mol. The van der Waals surface area contributed by atoms with Crippen LogP contribution >= 0.6 is 0 Å². The van der Waals surface area contributed by atoms with Gasteiger partial charge in [0, 0.05) is 18.3 Å². The second kappa shape index (κ2) is 5.52. The highest BCUT2D eigenvalue weighted by Crippen LogP contribution is 2.29. The van der Waals surface area contributed by atoms with Crippen molar-refractivity contribution in [1.29, 1.82) is 0 Å². The third-order valence-corrected chi connectivity index (χ3v) is 2.74. The van der Waals surface area contributed by atoms with Crippen molar-refractivity contribution in [3.05, 3.63) is 63.7 Å². The van der Waals surface area contributed by atoms with Gasteiger partial charge < -0.3 is 11.1 Å². The van der Waals surface area contributed by atoms with E-state index in [2.05, 4.69) is 5.32 Å². The second-order valence-corrected chi connectivity index (χ2v) is 4.09. The van der Waals surface area contributed by atoms with E-state index in [1.807, 2.05) is 0 Å². The van der Waals surface area contributed by atoms with Crippen LogP contribution < -0.4 is 11.1 Å². The number of nitrogens with one attached hydrogen (secondary N) is 1. The summed E-state index contributed by atoms with van der Waals surface area (Å²) < 4.78 is 26.6. The molecule has 2 aromatic rings. The monoisotopic (exact) mass is 279 g/mol. The van der Waals surface area contributed by atoms with Crippen LogP contribution in [-0.2, 0) is 6.54 Å². The van der Waals surface area contributed by atoms with E-state index in [0.29, 0.717) is 23.4 Å². The fraction of sp³-hybridized carbons (Fsp3) is 0.0769. The number of benzene rings is 2. The molecule has 0 saturated heterocycles. The van der Waals surface area contributed by atoms with E-state index in [1.165, 1.54) is 0 Å². The van der Waals surface area contributed by atoms with Gasteiger partial charge in [0.25, 0.3) is 5.69 Å². The van der Waals surface area contributed by atoms with Crippen LogP contribution in [0, 0.1) is 21.7 Å². The molecule has 3 N–H and O–H groups in total. The number of anilines is 2. The highest BCUT2D eigenvalue weighted by atomic mass is 19.1. The van der Waals surface area contributed by atoms with Crippen molar-refractivity contribution in [2.75, 3.05) is 11.1 Å². The summed E-state index contributed by atoms with van der Waals surface area (Å²) in [5.74, 6) is -2.02. The molecule has 0 atom stereocenters. The number of rotatable bonds is 4. The summed E-state index contributed by atoms with van der Waals surface area (Å²) in [6, 6.07) is 8.09. The molecule has 0 aliphatic rings. The zero-order valence-electron chi connectivity index (χ0n) is 10.3. The molecule has 0 fully saturated rings. The Morgan fingerprint density at radius 3 is 2.60 bits per heavy atom. The van der Waals surface area contributed by atoms with Gasteiger partial charge in [0.15, 0.2) is 5.82 Å². The summed E-state index contributed by atoms with van der Waals surface area (Å²) >= 11 is 0. The molecular weight excluding hydrogens is 268 g/mol. The van der Waals surface area contributed by atoms with Crippen molar-refractivity contribution >= 4 is 17.1 Å². The molecule has 7 heteroatoms. The van der Waals surface area contributed by atoms with Gasteiger partial charge in [0.05, 0.1) is 11.0 Å². The first kappa shape index (κ1) is 13.7. The summed E-state index contributed by atoms with van der Waals surface area (Å²) in [6.45, 7) is 0.0933. The van der Waals surface area contributed by atoms with Crippen LogP contribution in [0.3, 0.4) is 0 Å². The zero-order chi connectivity index (χ0) is 14.7. The molecule has 0 aliphatic carbocycles. The molecule has 0 heterocycles. The van der Waals surface area contributed by atoms with E-state index >= 15 is 0 Å². The number of nitro groups is 1. The Bertz CT molecular complexity index is 662. The molecule has 0 saturated carbocycles. The Kier molecular flexibility index (Phi) is 3.79. The maximum atomic E-state index is 13.6. The lowest BCUT2D eigenvalue weighted by molar-refractivity contribution is -0.384. The quantitative estimate of drug-likeness (QED) is 0.512. The molecule has 0 aromatic heterocycles. The highest BCUT2D eigenvalue weighted by molar-refractivity contribution is 5.63. The predicted molar refractivity (Wildman–Crippen MR) is 71.2 cm³/mol. The van der Waals surface area contributed by atoms with Crippen LogP contribution in [0.4, 0.5) is 25.8 Å². The molecule has 0 radical (unpaired) electrons. The van der Waals surface area contributed by atoms with Crippen molar-refractivity contribution < 1.29 is 13.7 Å². The fourth-order valence-corrected chi connectivity index (χ4v) is 1.76. The van der Waals surface area contributed by atoms with Crippen molar-refractivity contribution in [3.8, 4) is 0 Å². The number of hydrogen-bond donors (Lipinski definition) is 2. The molecule has 2 aromatic carbocycles. The molecule has 0 spiro atoms. The van der Waals surface area contributed by atoms with Crippen molar-refractivity contribution in [1.82, 2.24) is 0 Å². The minimum atomic E-state index is -1.02. The molecule has 0 aliphatic heterocycles. The van der Waals surface area contributed by atoms with Crippen molar-refractivity contribution in [2.24, 2.45) is 0 Å². The Hall–Kier alpha value is -2.70. The summed E-state index contributed by atoms with van der Waals surface area (Å²) in [5.41, 5.74) is 5.84. The first-order chi connectivity index (χ1) is 9.49. The third-order valence-electron chi connectivity index (χ3n) is 2.74. The fourth-order valence-electron chi connectivity index (χ4n) is 1.76. The highest BCUT2D eigenvalue weighted by Gasteiger charge is 2.20. The maximum absolute atomic E-state index is 13.6. The Labute approximate surface area is 113 Å². The Morgan fingerprint density at radius 1 is 1.25 bits per heavy atom. The van der Waals surface area contributed by atoms with Crippen molar-refractivity contribution in [3.63, 3.8) is 0 Å². The summed E-state index contributed by atoms with van der Waals surface area (Å²) in [6.07, 6.45) is 0. The molecule has 2 rings (SSSR count). The molecule has 0 bridgehead atoms. The number of nitrogens with two attached hydrogens (primary N) is 1. The SMILES string of the molecule is Nc1ccccc1CNc1c(F)cc(F)cc1[N+](=O)[O-]. The smallest absolute Gasteiger partial charge is 0.298 e. The number of nitrogen functional groups attached to an aromatic ring is 1. The summed E-state index contributed by atoms with van der Waals surface area (Å²) in [7, 11) is 0. The number of nitro benzene ring substituents is 1. The lowest BCUT2D eigenvalue weighted by Gasteiger charge is -2.10. The van der Waals surface area contributed by atoms with Crippen LogP contribution in [0.1, 0.15) is 5.56 Å². The molecular formula is C13H11F2N3O2. The van der Waals surface area contributed by atoms with E-state index in [9.17, 15) is 18.9 Å². The van der Waals surface area contributed by atoms with E-state index in [0.717, 1.165) is 0 Å². The lowest BCUT2D eigenvalue weighted by Crippen LogP contribution is -2.07. The van der Waals surface area contributed by atoms with Crippen LogP contribution in [0.5, 0.6) is 0 Å². The molecule has 104 valence electrons. The van der Waals surface area contributed by atoms with Gasteiger partial charge in [-0.1, -0.05) is 18.2 Å². The minimum absolute atomic E-state index is 0.0933. The minimum Gasteiger partial charge on any atom is -0.398 e. The van der Waals surface area contributed by atoms with Gasteiger partial charge in [-0.05, 0) is 11.6 Å². The van der Waals surface area contributed by atoms with Crippen LogP contribution in [0.25, 0.3) is 0 Å². The number of nitrogens with zero attached hydrogens (tertiary/aromatic N) is 1. The summed E-state index contributed by atoms with van der Waals surface area (Å²) in [5, 5.41) is 13.4. The van der Waals surface area contributed by atoms with Gasteiger partial charge >= 0.3 is 0 Å². The summed E-state index contributed by atoms with van der Waals surface area (Å²) in [4.78, 5) is 9.97. The van der Waals surface area contributed by atoms with Crippen LogP contribution in [0.2, 0.25) is 0 Å². The van der Waals surface area contributed by atoms with Crippen molar-refractivity contribution in [2.45, 2.75) is 6.54 Å². The van der Waals surface area contributed by atoms with E-state index in [1.54, 1.807) is 24.3 Å². The molecule has 0 unspecified atom stereocenters. The Morgan fingerprint density at radius 2 is 1.95 bits per heavy atom. The first-order valence-corrected chi connectivity index (χ1v) is 5.69. The van der Waals surface area contributed by atoms with Crippen LogP contribution in [-0.4, -0.2) is 4.92 Å². The predicted octanol–water partition coefficient (Wildman–Crippen LogP) is 3.07. The number of para-hydroxylation sites is 1. The topological polar surface area (TPSA) is 81.2 Å². The molecule has 5 nitrogen and oxygen atoms in total. The van der Waals surface area contributed by atoms with Gasteiger partial charge in [-0.15, -0.1) is 0 Å². The number of halogens is 2. The average Bonchev–Trinajstić information content (AvgIpc) is 2.38. The second-order valence-electron chi connectivity index (χ2n) is 4.09. The van der Waals surface area contributed by atoms with E-state index in [4.69, 9.17) is 5.73 Å². The lowest BCUT2D eigenvalue weighted by atomic mass is 10.1. The molecule has 20 heavy (non-hydrogen) atoms. The van der Waals surface area contributed by atoms with Gasteiger partial charge in [0.1, 0.15) is 11.5 Å². The molecule has 0 amide bonds. The maximum Gasteiger partial charge on any atom is 0.298 e.